The van der Waals surface area contributed by atoms with Crippen LogP contribution in [0.2, 0.25) is 0 Å². The van der Waals surface area contributed by atoms with E-state index in [4.69, 9.17) is 0 Å². The average molecular weight is 303 g/mol. The molecular formula is C17H25N3S. The van der Waals surface area contributed by atoms with Gasteiger partial charge in [-0.25, -0.2) is 0 Å². The minimum Gasteiger partial charge on any atom is -0.312 e. The van der Waals surface area contributed by atoms with E-state index in [1.165, 1.54) is 5.56 Å². The lowest BCUT2D eigenvalue weighted by molar-refractivity contribution is 0.422. The average Bonchev–Trinajstić information content (AvgIpc) is 2.89. The largest absolute Gasteiger partial charge is 0.312 e. The molecule has 2 aromatic rings. The van der Waals surface area contributed by atoms with Crippen LogP contribution in [0.15, 0.2) is 30.3 Å². The molecule has 1 aromatic heterocycles. The first kappa shape index (κ1) is 16.1. The van der Waals surface area contributed by atoms with Crippen molar-refractivity contribution in [2.24, 2.45) is 0 Å². The second-order valence-electron chi connectivity index (χ2n) is 6.36. The van der Waals surface area contributed by atoms with Crippen molar-refractivity contribution < 1.29 is 0 Å². The van der Waals surface area contributed by atoms with Crippen LogP contribution >= 0.6 is 11.3 Å². The summed E-state index contributed by atoms with van der Waals surface area (Å²) in [6.45, 7) is 7.61. The third-order valence-electron chi connectivity index (χ3n) is 3.20. The highest BCUT2D eigenvalue weighted by Gasteiger charge is 2.08. The van der Waals surface area contributed by atoms with E-state index in [2.05, 4.69) is 66.6 Å². The van der Waals surface area contributed by atoms with Gasteiger partial charge in [-0.1, -0.05) is 30.3 Å². The van der Waals surface area contributed by atoms with Crippen molar-refractivity contribution in [1.29, 1.82) is 0 Å². The summed E-state index contributed by atoms with van der Waals surface area (Å²) in [6.07, 6.45) is 4.17. The standard InChI is InChI=1S/C17H25N3S/c1-17(2,3)18-13-7-10-15-19-20-16(21-15)12-11-14-8-5-4-6-9-14/h4-6,8-9,18H,7,10-13H2,1-3H3. The third-order valence-corrected chi connectivity index (χ3v) is 4.24. The van der Waals surface area contributed by atoms with E-state index in [0.29, 0.717) is 0 Å². The highest BCUT2D eigenvalue weighted by Crippen LogP contribution is 2.14. The molecule has 0 aliphatic heterocycles. The van der Waals surface area contributed by atoms with Gasteiger partial charge < -0.3 is 5.32 Å². The Kier molecular flexibility index (Phi) is 5.88. The molecule has 1 heterocycles. The van der Waals surface area contributed by atoms with Crippen molar-refractivity contribution in [2.45, 2.75) is 52.0 Å². The maximum atomic E-state index is 4.31. The van der Waals surface area contributed by atoms with Crippen LogP contribution in [0.1, 0.15) is 42.8 Å². The molecule has 1 N–H and O–H groups in total. The molecule has 0 bridgehead atoms. The third kappa shape index (κ3) is 6.36. The summed E-state index contributed by atoms with van der Waals surface area (Å²) in [5.74, 6) is 0. The van der Waals surface area contributed by atoms with Crippen molar-refractivity contribution in [3.8, 4) is 0 Å². The highest BCUT2D eigenvalue weighted by atomic mass is 32.1. The van der Waals surface area contributed by atoms with Gasteiger partial charge in [0.05, 0.1) is 0 Å². The quantitative estimate of drug-likeness (QED) is 0.794. The molecule has 0 aliphatic carbocycles. The Hall–Kier alpha value is -1.26. The summed E-state index contributed by atoms with van der Waals surface area (Å²) >= 11 is 1.76. The first-order valence-electron chi connectivity index (χ1n) is 7.63. The Bertz CT molecular complexity index is 528. The summed E-state index contributed by atoms with van der Waals surface area (Å²) in [7, 11) is 0. The van der Waals surface area contributed by atoms with Crippen LogP contribution in [0.3, 0.4) is 0 Å². The molecular weight excluding hydrogens is 278 g/mol. The van der Waals surface area contributed by atoms with Crippen molar-refractivity contribution in [3.63, 3.8) is 0 Å². The predicted molar refractivity (Wildman–Crippen MR) is 89.8 cm³/mol. The van der Waals surface area contributed by atoms with Crippen LogP contribution < -0.4 is 5.32 Å². The van der Waals surface area contributed by atoms with Crippen LogP contribution in [-0.4, -0.2) is 22.3 Å². The van der Waals surface area contributed by atoms with Gasteiger partial charge in [0.2, 0.25) is 0 Å². The van der Waals surface area contributed by atoms with E-state index in [0.717, 1.165) is 42.2 Å². The lowest BCUT2D eigenvalue weighted by Gasteiger charge is -2.20. The summed E-state index contributed by atoms with van der Waals surface area (Å²) in [5.41, 5.74) is 1.56. The first-order chi connectivity index (χ1) is 10.0. The van der Waals surface area contributed by atoms with Crippen LogP contribution in [0.25, 0.3) is 0 Å². The number of benzene rings is 1. The molecule has 0 aliphatic rings. The molecule has 114 valence electrons. The number of aromatic nitrogens is 2. The number of nitrogens with zero attached hydrogens (tertiary/aromatic N) is 2. The zero-order chi connectivity index (χ0) is 15.1. The number of hydrogen-bond acceptors (Lipinski definition) is 4. The smallest absolute Gasteiger partial charge is 0.117 e. The predicted octanol–water partition coefficient (Wildman–Crippen LogP) is 3.64. The molecule has 0 unspecified atom stereocenters. The molecule has 3 nitrogen and oxygen atoms in total. The van der Waals surface area contributed by atoms with Gasteiger partial charge in [0.1, 0.15) is 10.0 Å². The fourth-order valence-corrected chi connectivity index (χ4v) is 2.98. The maximum Gasteiger partial charge on any atom is 0.117 e. The zero-order valence-corrected chi connectivity index (χ0v) is 14.0. The molecule has 0 radical (unpaired) electrons. The number of aryl methyl sites for hydroxylation is 3. The molecule has 21 heavy (non-hydrogen) atoms. The SMILES string of the molecule is CC(C)(C)NCCCc1nnc(CCc2ccccc2)s1. The number of hydrogen-bond donors (Lipinski definition) is 1. The number of nitrogens with one attached hydrogen (secondary N) is 1. The lowest BCUT2D eigenvalue weighted by atomic mass is 10.1. The lowest BCUT2D eigenvalue weighted by Crippen LogP contribution is -2.36. The molecule has 0 fully saturated rings. The fourth-order valence-electron chi connectivity index (χ4n) is 2.09. The van der Waals surface area contributed by atoms with E-state index in [-0.39, 0.29) is 5.54 Å². The van der Waals surface area contributed by atoms with Gasteiger partial charge >= 0.3 is 0 Å². The van der Waals surface area contributed by atoms with Crippen molar-refractivity contribution in [2.75, 3.05) is 6.54 Å². The van der Waals surface area contributed by atoms with Gasteiger partial charge in [-0.15, -0.1) is 21.5 Å². The Morgan fingerprint density at radius 2 is 1.62 bits per heavy atom. The van der Waals surface area contributed by atoms with Crippen LogP contribution in [0, 0.1) is 0 Å². The second-order valence-corrected chi connectivity index (χ2v) is 7.50. The van der Waals surface area contributed by atoms with E-state index in [1.54, 1.807) is 11.3 Å². The summed E-state index contributed by atoms with van der Waals surface area (Å²) in [4.78, 5) is 0. The van der Waals surface area contributed by atoms with Gasteiger partial charge in [0.25, 0.3) is 0 Å². The summed E-state index contributed by atoms with van der Waals surface area (Å²) in [5, 5.41) is 14.4. The molecule has 0 saturated carbocycles. The van der Waals surface area contributed by atoms with Gasteiger partial charge in [0, 0.05) is 18.4 Å². The van der Waals surface area contributed by atoms with Crippen LogP contribution in [-0.2, 0) is 19.3 Å². The molecule has 2 rings (SSSR count). The van der Waals surface area contributed by atoms with Crippen molar-refractivity contribution >= 4 is 11.3 Å². The Morgan fingerprint density at radius 3 is 2.29 bits per heavy atom. The fraction of sp³-hybridized carbons (Fsp3) is 0.529. The monoisotopic (exact) mass is 303 g/mol. The second kappa shape index (κ2) is 7.66. The highest BCUT2D eigenvalue weighted by molar-refractivity contribution is 7.11. The Labute approximate surface area is 131 Å². The van der Waals surface area contributed by atoms with Gasteiger partial charge in [0.15, 0.2) is 0 Å². The molecule has 1 aromatic carbocycles. The molecule has 0 amide bonds. The normalized spacial score (nSPS) is 11.8. The minimum atomic E-state index is 0.196. The topological polar surface area (TPSA) is 37.8 Å². The van der Waals surface area contributed by atoms with Gasteiger partial charge in [-0.3, -0.25) is 0 Å². The van der Waals surface area contributed by atoms with Gasteiger partial charge in [-0.2, -0.15) is 0 Å². The minimum absolute atomic E-state index is 0.196. The Morgan fingerprint density at radius 1 is 0.952 bits per heavy atom. The maximum absolute atomic E-state index is 4.31. The molecule has 0 saturated heterocycles. The van der Waals surface area contributed by atoms with Crippen molar-refractivity contribution in [1.82, 2.24) is 15.5 Å². The summed E-state index contributed by atoms with van der Waals surface area (Å²) in [6, 6.07) is 10.6. The van der Waals surface area contributed by atoms with Crippen molar-refractivity contribution in [3.05, 3.63) is 45.9 Å². The van der Waals surface area contributed by atoms with Crippen LogP contribution in [0.5, 0.6) is 0 Å². The van der Waals surface area contributed by atoms with E-state index in [1.807, 2.05) is 0 Å². The molecule has 0 spiro atoms. The summed E-state index contributed by atoms with van der Waals surface area (Å²) < 4.78 is 0. The van der Waals surface area contributed by atoms with Gasteiger partial charge in [-0.05, 0) is 45.7 Å². The molecule has 4 heteroatoms. The Balaban J connectivity index is 1.71. The number of rotatable bonds is 7. The van der Waals surface area contributed by atoms with E-state index in [9.17, 15) is 0 Å². The van der Waals surface area contributed by atoms with Crippen LogP contribution in [0.4, 0.5) is 0 Å². The van der Waals surface area contributed by atoms with E-state index >= 15 is 0 Å². The molecule has 0 atom stereocenters. The zero-order valence-electron chi connectivity index (χ0n) is 13.2. The first-order valence-corrected chi connectivity index (χ1v) is 8.45. The van der Waals surface area contributed by atoms with E-state index < -0.39 is 0 Å².